The number of aromatic nitrogens is 2. The quantitative estimate of drug-likeness (QED) is 0.524. The van der Waals surface area contributed by atoms with Gasteiger partial charge in [0.2, 0.25) is 0 Å². The van der Waals surface area contributed by atoms with Crippen LogP contribution >= 0.6 is 0 Å². The average molecular weight is 328 g/mol. The van der Waals surface area contributed by atoms with Crippen molar-refractivity contribution in [1.29, 1.82) is 0 Å². The molecule has 4 nitrogen and oxygen atoms in total. The first-order chi connectivity index (χ1) is 11.5. The fourth-order valence-electron chi connectivity index (χ4n) is 3.57. The highest BCUT2D eigenvalue weighted by Gasteiger charge is 2.11. The lowest BCUT2D eigenvalue weighted by molar-refractivity contribution is 0.111. The van der Waals surface area contributed by atoms with Gasteiger partial charge in [-0.15, -0.1) is 0 Å². The molecule has 2 heterocycles. The van der Waals surface area contributed by atoms with Crippen LogP contribution in [0.5, 0.6) is 0 Å². The van der Waals surface area contributed by atoms with Gasteiger partial charge in [-0.25, -0.2) is 0 Å². The maximum atomic E-state index is 11.0. The van der Waals surface area contributed by atoms with Gasteiger partial charge in [0, 0.05) is 11.4 Å². The van der Waals surface area contributed by atoms with Crippen LogP contribution < -0.4 is 0 Å². The molecule has 0 saturated carbocycles. The van der Waals surface area contributed by atoms with Gasteiger partial charge in [0.25, 0.3) is 0 Å². The molecule has 0 aliphatic carbocycles. The van der Waals surface area contributed by atoms with Gasteiger partial charge in [-0.2, -0.15) is 0 Å². The zero-order chi connectivity index (χ0) is 17.7. The van der Waals surface area contributed by atoms with Crippen molar-refractivity contribution in [2.75, 3.05) is 0 Å². The first-order valence-electron chi connectivity index (χ1n) is 8.76. The second-order valence-corrected chi connectivity index (χ2v) is 6.68. The van der Waals surface area contributed by atoms with E-state index in [4.69, 9.17) is 0 Å². The summed E-state index contributed by atoms with van der Waals surface area (Å²) in [4.78, 5) is 28.2. The lowest BCUT2D eigenvalue weighted by Crippen LogP contribution is -1.92. The first-order valence-corrected chi connectivity index (χ1v) is 8.76. The Hall–Kier alpha value is -2.10. The maximum absolute atomic E-state index is 11.0. The van der Waals surface area contributed by atoms with Crippen LogP contribution in [-0.2, 0) is 12.8 Å². The third-order valence-electron chi connectivity index (χ3n) is 5.10. The van der Waals surface area contributed by atoms with Gasteiger partial charge in [0.05, 0.1) is 11.4 Å². The Morgan fingerprint density at radius 1 is 0.667 bits per heavy atom. The van der Waals surface area contributed by atoms with E-state index in [1.807, 2.05) is 27.7 Å². The van der Waals surface area contributed by atoms with Crippen molar-refractivity contribution in [2.24, 2.45) is 0 Å². The number of hydrogen-bond acceptors (Lipinski definition) is 2. The Morgan fingerprint density at radius 2 is 1.04 bits per heavy atom. The molecule has 24 heavy (non-hydrogen) atoms. The van der Waals surface area contributed by atoms with Crippen molar-refractivity contribution in [3.05, 3.63) is 45.0 Å². The molecule has 2 N–H and O–H groups in total. The Bertz CT molecular complexity index is 660. The molecular weight excluding hydrogens is 300 g/mol. The topological polar surface area (TPSA) is 65.7 Å². The van der Waals surface area contributed by atoms with Crippen LogP contribution in [0.2, 0.25) is 0 Å². The molecule has 0 amide bonds. The SMILES string of the molecule is Cc1[nH]c(C=O)c(C)c1CCCCCCc1c(C)[nH]c(C=O)c1C. The monoisotopic (exact) mass is 328 g/mol. The molecule has 4 heteroatoms. The summed E-state index contributed by atoms with van der Waals surface area (Å²) < 4.78 is 0. The number of unbranched alkanes of at least 4 members (excludes halogenated alkanes) is 3. The summed E-state index contributed by atoms with van der Waals surface area (Å²) in [5, 5.41) is 0. The number of carbonyl (C=O) groups is 2. The molecule has 0 aromatic carbocycles. The number of aldehydes is 2. The van der Waals surface area contributed by atoms with Gasteiger partial charge >= 0.3 is 0 Å². The van der Waals surface area contributed by atoms with Gasteiger partial charge < -0.3 is 9.97 Å². The lowest BCUT2D eigenvalue weighted by Gasteiger charge is -2.05. The molecular formula is C20H28N2O2. The molecule has 130 valence electrons. The predicted octanol–water partition coefficient (Wildman–Crippen LogP) is 4.55. The van der Waals surface area contributed by atoms with Crippen LogP contribution in [0.1, 0.15) is 80.3 Å². The van der Waals surface area contributed by atoms with Crippen molar-refractivity contribution in [3.63, 3.8) is 0 Å². The number of aryl methyl sites for hydroxylation is 2. The summed E-state index contributed by atoms with van der Waals surface area (Å²) in [5.41, 5.74) is 8.46. The van der Waals surface area contributed by atoms with Crippen molar-refractivity contribution >= 4 is 12.6 Å². The van der Waals surface area contributed by atoms with E-state index in [-0.39, 0.29) is 0 Å². The molecule has 0 aliphatic rings. The number of nitrogens with one attached hydrogen (secondary N) is 2. The van der Waals surface area contributed by atoms with Crippen molar-refractivity contribution in [1.82, 2.24) is 9.97 Å². The highest BCUT2D eigenvalue weighted by Crippen LogP contribution is 2.21. The van der Waals surface area contributed by atoms with E-state index in [9.17, 15) is 9.59 Å². The van der Waals surface area contributed by atoms with Crippen molar-refractivity contribution in [3.8, 4) is 0 Å². The minimum absolute atomic E-state index is 0.715. The van der Waals surface area contributed by atoms with Crippen LogP contribution in [0, 0.1) is 27.7 Å². The third kappa shape index (κ3) is 3.86. The molecule has 0 saturated heterocycles. The van der Waals surface area contributed by atoms with Gasteiger partial charge in [0.15, 0.2) is 12.6 Å². The zero-order valence-corrected chi connectivity index (χ0v) is 15.2. The largest absolute Gasteiger partial charge is 0.356 e. The van der Waals surface area contributed by atoms with Gasteiger partial charge in [0.1, 0.15) is 0 Å². The van der Waals surface area contributed by atoms with E-state index in [1.54, 1.807) is 0 Å². The first kappa shape index (κ1) is 18.2. The number of aromatic amines is 2. The third-order valence-corrected chi connectivity index (χ3v) is 5.10. The van der Waals surface area contributed by atoms with E-state index in [2.05, 4.69) is 9.97 Å². The maximum Gasteiger partial charge on any atom is 0.166 e. The van der Waals surface area contributed by atoms with Gasteiger partial charge in [-0.1, -0.05) is 12.8 Å². The van der Waals surface area contributed by atoms with E-state index in [1.165, 1.54) is 24.0 Å². The molecule has 2 rings (SSSR count). The number of hydrogen-bond donors (Lipinski definition) is 2. The van der Waals surface area contributed by atoms with E-state index in [0.29, 0.717) is 11.4 Å². The summed E-state index contributed by atoms with van der Waals surface area (Å²) in [5.74, 6) is 0. The highest BCUT2D eigenvalue weighted by molar-refractivity contribution is 5.76. The second-order valence-electron chi connectivity index (χ2n) is 6.68. The lowest BCUT2D eigenvalue weighted by atomic mass is 10.00. The summed E-state index contributed by atoms with van der Waals surface area (Å²) in [6.45, 7) is 8.12. The standard InChI is InChI=1S/C20H28N2O2/c1-13-17(15(3)21-19(13)11-23)9-7-5-6-8-10-18-14(2)20(12-24)22-16(18)4/h11-12,21-22H,5-10H2,1-4H3. The second kappa shape index (κ2) is 8.13. The number of H-pyrrole nitrogens is 2. The molecule has 0 radical (unpaired) electrons. The Labute approximate surface area is 144 Å². The summed E-state index contributed by atoms with van der Waals surface area (Å²) in [7, 11) is 0. The Kier molecular flexibility index (Phi) is 6.18. The van der Waals surface area contributed by atoms with Crippen LogP contribution in [0.4, 0.5) is 0 Å². The van der Waals surface area contributed by atoms with Crippen LogP contribution in [0.25, 0.3) is 0 Å². The molecule has 0 fully saturated rings. The fourth-order valence-corrected chi connectivity index (χ4v) is 3.57. The number of rotatable bonds is 9. The van der Waals surface area contributed by atoms with E-state index < -0.39 is 0 Å². The Balaban J connectivity index is 1.76. The molecule has 0 spiro atoms. The van der Waals surface area contributed by atoms with Crippen LogP contribution in [0.15, 0.2) is 0 Å². The van der Waals surface area contributed by atoms with Gasteiger partial charge in [-0.05, 0) is 75.6 Å². The molecule has 2 aromatic rings. The normalized spacial score (nSPS) is 11.0. The Morgan fingerprint density at radius 3 is 1.33 bits per heavy atom. The minimum atomic E-state index is 0.715. The van der Waals surface area contributed by atoms with E-state index >= 15 is 0 Å². The van der Waals surface area contributed by atoms with Crippen molar-refractivity contribution in [2.45, 2.75) is 66.2 Å². The molecule has 0 unspecified atom stereocenters. The highest BCUT2D eigenvalue weighted by atomic mass is 16.1. The average Bonchev–Trinajstić information content (AvgIpc) is 3.00. The number of carbonyl (C=O) groups excluding carboxylic acids is 2. The zero-order valence-electron chi connectivity index (χ0n) is 15.2. The van der Waals surface area contributed by atoms with Crippen LogP contribution in [0.3, 0.4) is 0 Å². The van der Waals surface area contributed by atoms with Crippen molar-refractivity contribution < 1.29 is 9.59 Å². The summed E-state index contributed by atoms with van der Waals surface area (Å²) in [6, 6.07) is 0. The minimum Gasteiger partial charge on any atom is -0.356 e. The predicted molar refractivity (Wildman–Crippen MR) is 97.2 cm³/mol. The van der Waals surface area contributed by atoms with E-state index in [0.717, 1.165) is 60.8 Å². The molecule has 0 atom stereocenters. The molecule has 0 aliphatic heterocycles. The summed E-state index contributed by atoms with van der Waals surface area (Å²) in [6.07, 6.45) is 8.51. The summed E-state index contributed by atoms with van der Waals surface area (Å²) >= 11 is 0. The van der Waals surface area contributed by atoms with Crippen LogP contribution in [-0.4, -0.2) is 22.5 Å². The molecule has 0 bridgehead atoms. The fraction of sp³-hybridized carbons (Fsp3) is 0.500. The molecule has 2 aromatic heterocycles. The van der Waals surface area contributed by atoms with Gasteiger partial charge in [-0.3, -0.25) is 9.59 Å². The smallest absolute Gasteiger partial charge is 0.166 e.